The molecular weight excluding hydrogens is 402 g/mol. The number of aliphatic carboxylic acids is 1. The quantitative estimate of drug-likeness (QED) is 0.764. The van der Waals surface area contributed by atoms with Gasteiger partial charge in [0.15, 0.2) is 11.5 Å². The summed E-state index contributed by atoms with van der Waals surface area (Å²) in [5.74, 6) is -0.177. The van der Waals surface area contributed by atoms with E-state index in [0.29, 0.717) is 37.7 Å². The van der Waals surface area contributed by atoms with Crippen LogP contribution in [0, 0.1) is 5.92 Å². The Morgan fingerprint density at radius 3 is 2.75 bits per heavy atom. The summed E-state index contributed by atoms with van der Waals surface area (Å²) in [4.78, 5) is 24.6. The largest absolute Gasteiger partial charge is 0.486 e. The zero-order valence-electron chi connectivity index (χ0n) is 12.7. The van der Waals surface area contributed by atoms with Gasteiger partial charge in [0.05, 0.1) is 10.4 Å². The predicted octanol–water partition coefficient (Wildman–Crippen LogP) is 2.59. The average molecular weight is 419 g/mol. The van der Waals surface area contributed by atoms with Crippen molar-refractivity contribution >= 4 is 46.3 Å². The lowest BCUT2D eigenvalue weighted by molar-refractivity contribution is -0.141. The number of rotatable bonds is 3. The van der Waals surface area contributed by atoms with Crippen LogP contribution in [0.1, 0.15) is 12.0 Å². The van der Waals surface area contributed by atoms with E-state index in [2.05, 4.69) is 15.9 Å². The van der Waals surface area contributed by atoms with Crippen molar-refractivity contribution in [3.05, 3.63) is 28.2 Å². The molecule has 0 bridgehead atoms. The van der Waals surface area contributed by atoms with Crippen molar-refractivity contribution in [3.63, 3.8) is 0 Å². The third-order valence-electron chi connectivity index (χ3n) is 3.89. The average Bonchev–Trinajstić information content (AvgIpc) is 3.03. The predicted molar refractivity (Wildman–Crippen MR) is 93.7 cm³/mol. The van der Waals surface area contributed by atoms with Gasteiger partial charge in [-0.05, 0) is 46.1 Å². The van der Waals surface area contributed by atoms with Crippen molar-refractivity contribution in [2.75, 3.05) is 26.3 Å². The summed E-state index contributed by atoms with van der Waals surface area (Å²) in [6, 6.07) is 3.66. The lowest BCUT2D eigenvalue weighted by atomic mass is 10.1. The first-order valence-corrected chi connectivity index (χ1v) is 8.13. The smallest absolute Gasteiger partial charge is 0.308 e. The molecule has 1 aromatic carbocycles. The maximum absolute atomic E-state index is 12.1. The monoisotopic (exact) mass is 417 g/mol. The number of ether oxygens (including phenoxy) is 2. The zero-order valence-corrected chi connectivity index (χ0v) is 15.1. The van der Waals surface area contributed by atoms with Gasteiger partial charge in [-0.25, -0.2) is 0 Å². The van der Waals surface area contributed by atoms with Gasteiger partial charge in [-0.2, -0.15) is 0 Å². The second-order valence-electron chi connectivity index (χ2n) is 5.47. The standard InChI is InChI=1S/C16H16BrNO5.ClH/c17-12-7-10(8-13-15(12)23-6-5-22-13)1-2-14(19)18-4-3-11(9-18)16(20)21;/h1-2,7-8,11H,3-6,9H2,(H,20,21);1H. The van der Waals surface area contributed by atoms with Crippen molar-refractivity contribution in [2.45, 2.75) is 6.42 Å². The number of benzene rings is 1. The number of carbonyl (C=O) groups excluding carboxylic acids is 1. The Kier molecular flexibility index (Phi) is 6.12. The lowest BCUT2D eigenvalue weighted by Crippen LogP contribution is -2.28. The van der Waals surface area contributed by atoms with E-state index in [0.717, 1.165) is 10.0 Å². The summed E-state index contributed by atoms with van der Waals surface area (Å²) >= 11 is 3.43. The third kappa shape index (κ3) is 4.02. The fraction of sp³-hybridized carbons (Fsp3) is 0.375. The van der Waals surface area contributed by atoms with Crippen LogP contribution in [-0.4, -0.2) is 48.2 Å². The number of nitrogens with zero attached hydrogens (tertiary/aromatic N) is 1. The molecular formula is C16H17BrClNO5. The first-order valence-electron chi connectivity index (χ1n) is 7.33. The number of likely N-dealkylation sites (tertiary alicyclic amines) is 1. The molecule has 3 rings (SSSR count). The van der Waals surface area contributed by atoms with Crippen molar-refractivity contribution in [3.8, 4) is 11.5 Å². The number of carboxylic acid groups (broad SMARTS) is 1. The van der Waals surface area contributed by atoms with Gasteiger partial charge in [0, 0.05) is 19.2 Å². The summed E-state index contributed by atoms with van der Waals surface area (Å²) < 4.78 is 11.8. The van der Waals surface area contributed by atoms with Crippen molar-refractivity contribution in [1.82, 2.24) is 4.90 Å². The highest BCUT2D eigenvalue weighted by atomic mass is 79.9. The van der Waals surface area contributed by atoms with Crippen LogP contribution in [-0.2, 0) is 9.59 Å². The molecule has 24 heavy (non-hydrogen) atoms. The van der Waals surface area contributed by atoms with E-state index in [1.807, 2.05) is 12.1 Å². The molecule has 0 aliphatic carbocycles. The molecule has 0 radical (unpaired) electrons. The van der Waals surface area contributed by atoms with E-state index in [1.54, 1.807) is 11.0 Å². The van der Waals surface area contributed by atoms with Crippen molar-refractivity contribution in [1.29, 1.82) is 0 Å². The van der Waals surface area contributed by atoms with E-state index >= 15 is 0 Å². The molecule has 1 amide bonds. The van der Waals surface area contributed by atoms with Crippen LogP contribution in [0.15, 0.2) is 22.7 Å². The number of hydrogen-bond acceptors (Lipinski definition) is 4. The first kappa shape index (κ1) is 18.6. The highest BCUT2D eigenvalue weighted by molar-refractivity contribution is 9.10. The van der Waals surface area contributed by atoms with Gasteiger partial charge in [-0.1, -0.05) is 0 Å². The molecule has 1 aromatic rings. The Balaban J connectivity index is 0.00000208. The van der Waals surface area contributed by atoms with Gasteiger partial charge in [0.1, 0.15) is 13.2 Å². The molecule has 6 nitrogen and oxygen atoms in total. The summed E-state index contributed by atoms with van der Waals surface area (Å²) in [7, 11) is 0. The number of fused-ring (bicyclic) bond motifs is 1. The van der Waals surface area contributed by atoms with Crippen LogP contribution in [0.25, 0.3) is 6.08 Å². The number of halogens is 2. The Morgan fingerprint density at radius 2 is 2.04 bits per heavy atom. The maximum Gasteiger partial charge on any atom is 0.308 e. The molecule has 8 heteroatoms. The lowest BCUT2D eigenvalue weighted by Gasteiger charge is -2.20. The van der Waals surface area contributed by atoms with Crippen LogP contribution in [0.3, 0.4) is 0 Å². The van der Waals surface area contributed by atoms with Gasteiger partial charge >= 0.3 is 5.97 Å². The second kappa shape index (κ2) is 7.90. The minimum atomic E-state index is -0.847. The van der Waals surface area contributed by atoms with Crippen LogP contribution in [0.4, 0.5) is 0 Å². The first-order chi connectivity index (χ1) is 11.0. The Morgan fingerprint density at radius 1 is 1.29 bits per heavy atom. The number of carboxylic acids is 1. The Bertz CT molecular complexity index is 679. The van der Waals surface area contributed by atoms with Gasteiger partial charge in [0.25, 0.3) is 0 Å². The highest BCUT2D eigenvalue weighted by Gasteiger charge is 2.29. The normalized spacial score (nSPS) is 19.2. The topological polar surface area (TPSA) is 76.1 Å². The summed E-state index contributed by atoms with van der Waals surface area (Å²) in [6.45, 7) is 1.75. The van der Waals surface area contributed by atoms with Crippen molar-refractivity contribution < 1.29 is 24.2 Å². The summed E-state index contributed by atoms with van der Waals surface area (Å²) in [5, 5.41) is 8.98. The molecule has 2 aliphatic heterocycles. The zero-order chi connectivity index (χ0) is 16.4. The van der Waals surface area contributed by atoms with E-state index in [4.69, 9.17) is 14.6 Å². The maximum atomic E-state index is 12.1. The van der Waals surface area contributed by atoms with Crippen LogP contribution in [0.5, 0.6) is 11.5 Å². The van der Waals surface area contributed by atoms with Gasteiger partial charge in [0.2, 0.25) is 5.91 Å². The molecule has 130 valence electrons. The van der Waals surface area contributed by atoms with Crippen molar-refractivity contribution in [2.24, 2.45) is 5.92 Å². The molecule has 0 saturated carbocycles. The second-order valence-corrected chi connectivity index (χ2v) is 6.32. The number of amides is 1. The molecule has 0 spiro atoms. The number of hydrogen-bond donors (Lipinski definition) is 1. The summed E-state index contributed by atoms with van der Waals surface area (Å²) in [5.41, 5.74) is 0.809. The van der Waals surface area contributed by atoms with E-state index < -0.39 is 11.9 Å². The SMILES string of the molecule is Cl.O=C(O)C1CCN(C(=O)C=Cc2cc(Br)c3c(c2)OCCO3)C1. The minimum absolute atomic E-state index is 0. The molecule has 0 aromatic heterocycles. The highest BCUT2D eigenvalue weighted by Crippen LogP contribution is 2.38. The third-order valence-corrected chi connectivity index (χ3v) is 4.48. The fourth-order valence-electron chi connectivity index (χ4n) is 2.66. The molecule has 1 saturated heterocycles. The molecule has 1 atom stereocenters. The molecule has 1 unspecified atom stereocenters. The van der Waals surface area contributed by atoms with E-state index in [1.165, 1.54) is 6.08 Å². The Hall–Kier alpha value is -1.73. The number of carbonyl (C=O) groups is 2. The summed E-state index contributed by atoms with van der Waals surface area (Å²) in [6.07, 6.45) is 3.66. The molecule has 1 fully saturated rings. The van der Waals surface area contributed by atoms with Crippen LogP contribution >= 0.6 is 28.3 Å². The molecule has 1 N–H and O–H groups in total. The van der Waals surface area contributed by atoms with Crippen LogP contribution < -0.4 is 9.47 Å². The van der Waals surface area contributed by atoms with Gasteiger partial charge in [-0.3, -0.25) is 9.59 Å². The minimum Gasteiger partial charge on any atom is -0.486 e. The Labute approximate surface area is 154 Å². The fourth-order valence-corrected chi connectivity index (χ4v) is 3.24. The van der Waals surface area contributed by atoms with E-state index in [-0.39, 0.29) is 24.9 Å². The molecule has 2 aliphatic rings. The molecule has 2 heterocycles. The van der Waals surface area contributed by atoms with E-state index in [9.17, 15) is 9.59 Å². The van der Waals surface area contributed by atoms with Gasteiger partial charge in [-0.15, -0.1) is 12.4 Å². The van der Waals surface area contributed by atoms with Gasteiger partial charge < -0.3 is 19.5 Å². The van der Waals surface area contributed by atoms with Crippen LogP contribution in [0.2, 0.25) is 0 Å².